The van der Waals surface area contributed by atoms with Crippen molar-refractivity contribution < 1.29 is 4.42 Å². The number of aliphatic imine (C=N–C) groups is 1. The number of nitrogens with zero attached hydrogens (tertiary/aromatic N) is 1. The van der Waals surface area contributed by atoms with Crippen LogP contribution in [0.5, 0.6) is 0 Å². The molecule has 4 nitrogen and oxygen atoms in total. The predicted molar refractivity (Wildman–Crippen MR) is 126 cm³/mol. The van der Waals surface area contributed by atoms with Crippen LogP contribution in [0.15, 0.2) is 58.1 Å². The van der Waals surface area contributed by atoms with Gasteiger partial charge in [-0.15, -0.1) is 24.0 Å². The van der Waals surface area contributed by atoms with Crippen LogP contribution in [0.25, 0.3) is 0 Å². The Balaban J connectivity index is 0.00000261. The molecule has 6 heteroatoms. The van der Waals surface area contributed by atoms with Gasteiger partial charge in [0.05, 0.1) is 12.3 Å². The predicted octanol–water partition coefficient (Wildman–Crippen LogP) is 5.02. The van der Waals surface area contributed by atoms with E-state index in [1.807, 2.05) is 30.0 Å². The van der Waals surface area contributed by atoms with E-state index in [9.17, 15) is 0 Å². The molecule has 2 N–H and O–H groups in total. The van der Waals surface area contributed by atoms with Crippen molar-refractivity contribution in [3.63, 3.8) is 0 Å². The average molecular weight is 499 g/mol. The highest BCUT2D eigenvalue weighted by molar-refractivity contribution is 14.0. The van der Waals surface area contributed by atoms with Gasteiger partial charge in [-0.2, -0.15) is 11.8 Å². The van der Waals surface area contributed by atoms with Gasteiger partial charge in [0.15, 0.2) is 5.96 Å². The Labute approximate surface area is 184 Å². The molecule has 3 atom stereocenters. The summed E-state index contributed by atoms with van der Waals surface area (Å²) in [5, 5.41) is 8.00. The van der Waals surface area contributed by atoms with Crippen LogP contribution in [-0.2, 0) is 6.42 Å². The average Bonchev–Trinajstić information content (AvgIpc) is 3.34. The highest BCUT2D eigenvalue weighted by Gasteiger charge is 2.25. The van der Waals surface area contributed by atoms with Gasteiger partial charge in [0.2, 0.25) is 0 Å². The maximum atomic E-state index is 5.41. The van der Waals surface area contributed by atoms with Crippen molar-refractivity contribution >= 4 is 41.7 Å². The molecule has 2 aromatic rings. The van der Waals surface area contributed by atoms with Crippen LogP contribution in [0.3, 0.4) is 0 Å². The van der Waals surface area contributed by atoms with E-state index in [0.717, 1.165) is 23.4 Å². The Morgan fingerprint density at radius 1 is 1.22 bits per heavy atom. The number of rotatable bonds is 7. The van der Waals surface area contributed by atoms with Crippen LogP contribution < -0.4 is 10.6 Å². The first-order chi connectivity index (χ1) is 12.7. The first-order valence-corrected chi connectivity index (χ1v) is 10.7. The SMILES string of the molecule is CSC1CCC(NC(=NCCc2ccco2)NC(C)c2ccccc2)C1.I. The number of thioether (sulfide) groups is 1. The van der Waals surface area contributed by atoms with Crippen molar-refractivity contribution in [2.45, 2.75) is 49.9 Å². The van der Waals surface area contributed by atoms with Crippen molar-refractivity contribution in [1.82, 2.24) is 10.6 Å². The van der Waals surface area contributed by atoms with Crippen LogP contribution in [0.4, 0.5) is 0 Å². The molecule has 0 spiro atoms. The molecule has 0 aliphatic heterocycles. The fraction of sp³-hybridized carbons (Fsp3) is 0.476. The standard InChI is InChI=1S/C21H29N3OS.HI/c1-16(17-7-4-3-5-8-17)23-21(22-13-12-19-9-6-14-25-19)24-18-10-11-20(15-18)26-2;/h3-9,14,16,18,20H,10-13,15H2,1-2H3,(H2,22,23,24);1H. The summed E-state index contributed by atoms with van der Waals surface area (Å²) in [5.41, 5.74) is 1.27. The molecular formula is C21H30IN3OS. The molecule has 1 aromatic heterocycles. The molecule has 0 amide bonds. The van der Waals surface area contributed by atoms with Crippen molar-refractivity contribution in [2.24, 2.45) is 4.99 Å². The smallest absolute Gasteiger partial charge is 0.191 e. The molecular weight excluding hydrogens is 469 g/mol. The number of furan rings is 1. The zero-order valence-electron chi connectivity index (χ0n) is 16.1. The number of hydrogen-bond donors (Lipinski definition) is 2. The highest BCUT2D eigenvalue weighted by Crippen LogP contribution is 2.28. The van der Waals surface area contributed by atoms with Gasteiger partial charge in [0.25, 0.3) is 0 Å². The lowest BCUT2D eigenvalue weighted by Gasteiger charge is -2.22. The fourth-order valence-electron chi connectivity index (χ4n) is 3.37. The summed E-state index contributed by atoms with van der Waals surface area (Å²) in [6.07, 6.45) is 8.45. The van der Waals surface area contributed by atoms with Crippen LogP contribution in [0.1, 0.15) is 43.6 Å². The maximum absolute atomic E-state index is 5.41. The number of benzene rings is 1. The molecule has 1 saturated carbocycles. The van der Waals surface area contributed by atoms with Gasteiger partial charge < -0.3 is 15.1 Å². The second-order valence-corrected chi connectivity index (χ2v) is 7.99. The summed E-state index contributed by atoms with van der Waals surface area (Å²) < 4.78 is 5.41. The molecule has 0 saturated heterocycles. The molecule has 148 valence electrons. The molecule has 3 unspecified atom stereocenters. The van der Waals surface area contributed by atoms with Crippen molar-refractivity contribution in [1.29, 1.82) is 0 Å². The van der Waals surface area contributed by atoms with Crippen molar-refractivity contribution in [3.05, 3.63) is 60.1 Å². The van der Waals surface area contributed by atoms with Crippen LogP contribution in [0, 0.1) is 0 Å². The second-order valence-electron chi connectivity index (χ2n) is 6.85. The zero-order valence-corrected chi connectivity index (χ0v) is 19.2. The Morgan fingerprint density at radius 3 is 2.70 bits per heavy atom. The Hall–Kier alpha value is -1.15. The molecule has 1 aromatic carbocycles. The fourth-order valence-corrected chi connectivity index (χ4v) is 4.17. The Bertz CT molecular complexity index is 678. The lowest BCUT2D eigenvalue weighted by atomic mass is 10.1. The van der Waals surface area contributed by atoms with Gasteiger partial charge in [0.1, 0.15) is 5.76 Å². The van der Waals surface area contributed by atoms with E-state index in [0.29, 0.717) is 12.6 Å². The van der Waals surface area contributed by atoms with E-state index >= 15 is 0 Å². The molecule has 27 heavy (non-hydrogen) atoms. The minimum Gasteiger partial charge on any atom is -0.469 e. The molecule has 1 heterocycles. The summed E-state index contributed by atoms with van der Waals surface area (Å²) in [6.45, 7) is 2.89. The first kappa shape index (κ1) is 22.1. The van der Waals surface area contributed by atoms with Gasteiger partial charge >= 0.3 is 0 Å². The minimum atomic E-state index is 0. The first-order valence-electron chi connectivity index (χ1n) is 9.42. The number of nitrogens with one attached hydrogen (secondary N) is 2. The van der Waals surface area contributed by atoms with E-state index in [1.165, 1.54) is 24.8 Å². The van der Waals surface area contributed by atoms with Crippen LogP contribution in [0.2, 0.25) is 0 Å². The summed E-state index contributed by atoms with van der Waals surface area (Å²) in [5.74, 6) is 1.88. The van der Waals surface area contributed by atoms with Crippen LogP contribution in [-0.4, -0.2) is 30.1 Å². The maximum Gasteiger partial charge on any atom is 0.191 e. The molecule has 3 rings (SSSR count). The van der Waals surface area contributed by atoms with E-state index < -0.39 is 0 Å². The summed E-state index contributed by atoms with van der Waals surface area (Å²) in [6, 6.07) is 15.2. The van der Waals surface area contributed by atoms with Gasteiger partial charge in [0, 0.05) is 24.3 Å². The largest absolute Gasteiger partial charge is 0.469 e. The zero-order chi connectivity index (χ0) is 18.2. The lowest BCUT2D eigenvalue weighted by molar-refractivity contribution is 0.510. The summed E-state index contributed by atoms with van der Waals surface area (Å²) in [7, 11) is 0. The summed E-state index contributed by atoms with van der Waals surface area (Å²) >= 11 is 1.98. The summed E-state index contributed by atoms with van der Waals surface area (Å²) in [4.78, 5) is 4.81. The molecule has 1 aliphatic rings. The van der Waals surface area contributed by atoms with E-state index in [2.05, 4.69) is 48.1 Å². The van der Waals surface area contributed by atoms with E-state index in [4.69, 9.17) is 9.41 Å². The molecule has 0 radical (unpaired) electrons. The molecule has 1 fully saturated rings. The number of halogens is 1. The Morgan fingerprint density at radius 2 is 2.04 bits per heavy atom. The highest BCUT2D eigenvalue weighted by atomic mass is 127. The lowest BCUT2D eigenvalue weighted by Crippen LogP contribution is -2.43. The van der Waals surface area contributed by atoms with E-state index in [1.54, 1.807) is 6.26 Å². The third-order valence-corrected chi connectivity index (χ3v) is 6.01. The number of guanidine groups is 1. The van der Waals surface area contributed by atoms with Gasteiger partial charge in [-0.05, 0) is 50.1 Å². The minimum absolute atomic E-state index is 0. The topological polar surface area (TPSA) is 49.6 Å². The number of hydrogen-bond acceptors (Lipinski definition) is 3. The van der Waals surface area contributed by atoms with Gasteiger partial charge in [-0.3, -0.25) is 4.99 Å². The van der Waals surface area contributed by atoms with E-state index in [-0.39, 0.29) is 30.0 Å². The molecule has 1 aliphatic carbocycles. The third-order valence-electron chi connectivity index (χ3n) is 4.92. The molecule has 0 bridgehead atoms. The van der Waals surface area contributed by atoms with Gasteiger partial charge in [-0.25, -0.2) is 0 Å². The van der Waals surface area contributed by atoms with Crippen molar-refractivity contribution in [3.8, 4) is 0 Å². The van der Waals surface area contributed by atoms with Crippen molar-refractivity contribution in [2.75, 3.05) is 12.8 Å². The second kappa shape index (κ2) is 11.6. The van der Waals surface area contributed by atoms with Crippen LogP contribution >= 0.6 is 35.7 Å². The quantitative estimate of drug-likeness (QED) is 0.319. The Kier molecular flexibility index (Phi) is 9.54. The van der Waals surface area contributed by atoms with Gasteiger partial charge in [-0.1, -0.05) is 30.3 Å². The normalized spacial score (nSPS) is 20.7. The third kappa shape index (κ3) is 7.07. The monoisotopic (exact) mass is 499 g/mol.